The summed E-state index contributed by atoms with van der Waals surface area (Å²) in [7, 11) is 0. The average molecular weight is 263 g/mol. The van der Waals surface area contributed by atoms with Gasteiger partial charge in [-0.1, -0.05) is 12.1 Å². The maximum Gasteiger partial charge on any atom is 0.191 e. The minimum atomic E-state index is -0.378. The van der Waals surface area contributed by atoms with Gasteiger partial charge in [0.15, 0.2) is 5.11 Å². The number of rotatable bonds is 3. The lowest BCUT2D eigenvalue weighted by Gasteiger charge is -2.07. The molecule has 0 radical (unpaired) electrons. The number of hydrogen-bond donors (Lipinski definition) is 2. The zero-order valence-corrected chi connectivity index (χ0v) is 10.1. The molecule has 1 heterocycles. The third-order valence-corrected chi connectivity index (χ3v) is 2.22. The summed E-state index contributed by atoms with van der Waals surface area (Å²) in [6.45, 7) is 0. The first-order chi connectivity index (χ1) is 8.75. The van der Waals surface area contributed by atoms with Crippen molar-refractivity contribution in [3.05, 3.63) is 54.2 Å². The van der Waals surface area contributed by atoms with Crippen LogP contribution >= 0.6 is 12.2 Å². The quantitative estimate of drug-likeness (QED) is 0.508. The van der Waals surface area contributed by atoms with Gasteiger partial charge in [0.1, 0.15) is 11.6 Å². The Morgan fingerprint density at radius 2 is 2.11 bits per heavy atom. The number of halogens is 1. The lowest BCUT2D eigenvalue weighted by Crippen LogP contribution is -2.24. The number of para-hydroxylation sites is 1. The number of hydrogen-bond acceptors (Lipinski definition) is 3. The van der Waals surface area contributed by atoms with Gasteiger partial charge in [0.2, 0.25) is 0 Å². The SMILES string of the molecule is Fc1ccccc1NC(=S)N/N=C/c1ccco1. The number of nitrogens with zero attached hydrogens (tertiary/aromatic N) is 1. The fraction of sp³-hybridized carbons (Fsp3) is 0. The third-order valence-electron chi connectivity index (χ3n) is 2.02. The van der Waals surface area contributed by atoms with E-state index in [1.165, 1.54) is 18.5 Å². The van der Waals surface area contributed by atoms with Crippen molar-refractivity contribution in [2.75, 3.05) is 5.32 Å². The van der Waals surface area contributed by atoms with Crippen LogP contribution in [0.5, 0.6) is 0 Å². The van der Waals surface area contributed by atoms with Crippen molar-refractivity contribution in [2.24, 2.45) is 5.10 Å². The van der Waals surface area contributed by atoms with Gasteiger partial charge < -0.3 is 9.73 Å². The molecule has 0 aliphatic carbocycles. The molecule has 0 aliphatic rings. The zero-order chi connectivity index (χ0) is 12.8. The summed E-state index contributed by atoms with van der Waals surface area (Å²) in [5.74, 6) is 0.216. The lowest BCUT2D eigenvalue weighted by atomic mass is 10.3. The number of thiocarbonyl (C=S) groups is 1. The van der Waals surface area contributed by atoms with E-state index in [1.54, 1.807) is 30.3 Å². The van der Waals surface area contributed by atoms with Crippen LogP contribution in [0.3, 0.4) is 0 Å². The molecule has 0 atom stereocenters. The second-order valence-electron chi connectivity index (χ2n) is 3.32. The summed E-state index contributed by atoms with van der Waals surface area (Å²) in [4.78, 5) is 0. The molecular weight excluding hydrogens is 253 g/mol. The van der Waals surface area contributed by atoms with E-state index in [4.69, 9.17) is 16.6 Å². The number of benzene rings is 1. The van der Waals surface area contributed by atoms with Crippen molar-refractivity contribution in [1.82, 2.24) is 5.43 Å². The molecule has 0 unspecified atom stereocenters. The molecule has 2 N–H and O–H groups in total. The van der Waals surface area contributed by atoms with Crippen LogP contribution in [0, 0.1) is 5.82 Å². The smallest absolute Gasteiger partial charge is 0.191 e. The molecule has 1 aromatic heterocycles. The van der Waals surface area contributed by atoms with E-state index in [9.17, 15) is 4.39 Å². The van der Waals surface area contributed by atoms with Gasteiger partial charge in [-0.25, -0.2) is 4.39 Å². The van der Waals surface area contributed by atoms with E-state index in [1.807, 2.05) is 0 Å². The Labute approximate surface area is 109 Å². The second-order valence-corrected chi connectivity index (χ2v) is 3.73. The Kier molecular flexibility index (Phi) is 4.03. The molecule has 4 nitrogen and oxygen atoms in total. The van der Waals surface area contributed by atoms with Gasteiger partial charge >= 0.3 is 0 Å². The van der Waals surface area contributed by atoms with Crippen molar-refractivity contribution in [2.45, 2.75) is 0 Å². The first kappa shape index (κ1) is 12.3. The zero-order valence-electron chi connectivity index (χ0n) is 9.26. The lowest BCUT2D eigenvalue weighted by molar-refractivity contribution is 0.560. The Morgan fingerprint density at radius 3 is 2.83 bits per heavy atom. The predicted molar refractivity (Wildman–Crippen MR) is 72.1 cm³/mol. The summed E-state index contributed by atoms with van der Waals surface area (Å²) in [6.07, 6.45) is 3.01. The Bertz CT molecular complexity index is 554. The van der Waals surface area contributed by atoms with E-state index in [0.29, 0.717) is 11.4 Å². The molecule has 6 heteroatoms. The number of hydrazone groups is 1. The van der Waals surface area contributed by atoms with Gasteiger partial charge in [0.05, 0.1) is 18.2 Å². The van der Waals surface area contributed by atoms with Crippen LogP contribution in [0.15, 0.2) is 52.2 Å². The summed E-state index contributed by atoms with van der Waals surface area (Å²) >= 11 is 4.96. The standard InChI is InChI=1S/C12H10FN3OS/c13-10-5-1-2-6-11(10)15-12(18)16-14-8-9-4-3-7-17-9/h1-8H,(H2,15,16,18)/b14-8+. The molecule has 0 aliphatic heterocycles. The van der Waals surface area contributed by atoms with Crippen molar-refractivity contribution in [3.63, 3.8) is 0 Å². The van der Waals surface area contributed by atoms with Gasteiger partial charge in [0.25, 0.3) is 0 Å². The Hall–Kier alpha value is -2.21. The highest BCUT2D eigenvalue weighted by atomic mass is 32.1. The molecule has 0 saturated heterocycles. The third kappa shape index (κ3) is 3.39. The van der Waals surface area contributed by atoms with Crippen LogP contribution in [-0.2, 0) is 0 Å². The maximum absolute atomic E-state index is 13.3. The molecule has 18 heavy (non-hydrogen) atoms. The molecule has 2 aromatic rings. The second kappa shape index (κ2) is 5.92. The summed E-state index contributed by atoms with van der Waals surface area (Å²) < 4.78 is 18.3. The highest BCUT2D eigenvalue weighted by molar-refractivity contribution is 7.80. The summed E-state index contributed by atoms with van der Waals surface area (Å²) in [5, 5.41) is 6.73. The monoisotopic (exact) mass is 263 g/mol. The van der Waals surface area contributed by atoms with Crippen molar-refractivity contribution >= 4 is 29.2 Å². The minimum absolute atomic E-state index is 0.197. The predicted octanol–water partition coefficient (Wildman–Crippen LogP) is 2.74. The van der Waals surface area contributed by atoms with E-state index in [-0.39, 0.29) is 10.9 Å². The number of anilines is 1. The summed E-state index contributed by atoms with van der Waals surface area (Å²) in [5.41, 5.74) is 2.85. The fourth-order valence-electron chi connectivity index (χ4n) is 1.23. The molecule has 0 saturated carbocycles. The van der Waals surface area contributed by atoms with Crippen LogP contribution in [0.4, 0.5) is 10.1 Å². The maximum atomic E-state index is 13.3. The van der Waals surface area contributed by atoms with Crippen molar-refractivity contribution in [1.29, 1.82) is 0 Å². The highest BCUT2D eigenvalue weighted by Crippen LogP contribution is 2.11. The molecule has 0 fully saturated rings. The Balaban J connectivity index is 1.88. The van der Waals surface area contributed by atoms with Crippen LogP contribution < -0.4 is 10.7 Å². The fourth-order valence-corrected chi connectivity index (χ4v) is 1.39. The molecule has 0 bridgehead atoms. The van der Waals surface area contributed by atoms with Crippen molar-refractivity contribution in [3.8, 4) is 0 Å². The first-order valence-electron chi connectivity index (χ1n) is 5.14. The van der Waals surface area contributed by atoms with Crippen LogP contribution in [0.25, 0.3) is 0 Å². The van der Waals surface area contributed by atoms with Gasteiger partial charge in [-0.3, -0.25) is 5.43 Å². The minimum Gasteiger partial charge on any atom is -0.463 e. The van der Waals surface area contributed by atoms with E-state index >= 15 is 0 Å². The first-order valence-corrected chi connectivity index (χ1v) is 5.54. The van der Waals surface area contributed by atoms with Gasteiger partial charge in [-0.05, 0) is 36.5 Å². The van der Waals surface area contributed by atoms with Crippen LogP contribution in [0.2, 0.25) is 0 Å². The number of nitrogens with one attached hydrogen (secondary N) is 2. The topological polar surface area (TPSA) is 49.6 Å². The number of furan rings is 1. The van der Waals surface area contributed by atoms with Crippen molar-refractivity contribution < 1.29 is 8.81 Å². The molecule has 2 rings (SSSR count). The van der Waals surface area contributed by atoms with Gasteiger partial charge in [-0.2, -0.15) is 5.10 Å². The molecular formula is C12H10FN3OS. The normalized spacial score (nSPS) is 10.5. The average Bonchev–Trinajstić information content (AvgIpc) is 2.85. The van der Waals surface area contributed by atoms with Crippen LogP contribution in [0.1, 0.15) is 5.76 Å². The largest absolute Gasteiger partial charge is 0.463 e. The van der Waals surface area contributed by atoms with E-state index in [2.05, 4.69) is 15.8 Å². The van der Waals surface area contributed by atoms with E-state index < -0.39 is 0 Å². The van der Waals surface area contributed by atoms with Gasteiger partial charge in [-0.15, -0.1) is 0 Å². The highest BCUT2D eigenvalue weighted by Gasteiger charge is 2.01. The molecule has 92 valence electrons. The summed E-state index contributed by atoms with van der Waals surface area (Å²) in [6, 6.07) is 9.73. The van der Waals surface area contributed by atoms with E-state index in [0.717, 1.165) is 0 Å². The molecule has 1 aromatic carbocycles. The van der Waals surface area contributed by atoms with Gasteiger partial charge in [0, 0.05) is 0 Å². The Morgan fingerprint density at radius 1 is 1.28 bits per heavy atom. The van der Waals surface area contributed by atoms with Crippen LogP contribution in [-0.4, -0.2) is 11.3 Å². The molecule has 0 spiro atoms. The molecule has 0 amide bonds.